The van der Waals surface area contributed by atoms with Gasteiger partial charge in [-0.05, 0) is 70.6 Å². The zero-order valence-electron chi connectivity index (χ0n) is 43.0. The Morgan fingerprint density at radius 3 is 1.74 bits per heavy atom. The number of aliphatic hydroxyl groups is 5. The lowest BCUT2D eigenvalue weighted by molar-refractivity contribution is -0.305. The van der Waals surface area contributed by atoms with Gasteiger partial charge in [-0.3, -0.25) is 9.59 Å². The summed E-state index contributed by atoms with van der Waals surface area (Å²) in [6.07, 6.45) is 45.2. The largest absolute Gasteiger partial charge is 0.454 e. The number of carbonyl (C=O) groups is 2. The van der Waals surface area contributed by atoms with Crippen LogP contribution in [-0.4, -0.2) is 99.6 Å². The van der Waals surface area contributed by atoms with Gasteiger partial charge in [0.25, 0.3) is 0 Å². The van der Waals surface area contributed by atoms with Crippen molar-refractivity contribution < 1.29 is 49.3 Å². The molecule has 1 rings (SSSR count). The van der Waals surface area contributed by atoms with Crippen LogP contribution in [0.5, 0.6) is 0 Å². The van der Waals surface area contributed by atoms with Crippen molar-refractivity contribution in [3.05, 3.63) is 72.9 Å². The molecule has 0 bridgehead atoms. The Morgan fingerprint density at radius 1 is 0.603 bits per heavy atom. The highest BCUT2D eigenvalue weighted by molar-refractivity contribution is 5.80. The van der Waals surface area contributed by atoms with Gasteiger partial charge in [0, 0.05) is 6.42 Å². The molecule has 392 valence electrons. The van der Waals surface area contributed by atoms with Crippen molar-refractivity contribution in [2.24, 2.45) is 0 Å². The Labute approximate surface area is 413 Å². The van der Waals surface area contributed by atoms with Crippen LogP contribution in [0.25, 0.3) is 0 Å². The second-order valence-electron chi connectivity index (χ2n) is 18.6. The Bertz CT molecular complexity index is 1380. The van der Waals surface area contributed by atoms with E-state index in [4.69, 9.17) is 14.2 Å². The Kier molecular flexibility index (Phi) is 42.0. The van der Waals surface area contributed by atoms with Crippen LogP contribution in [0.4, 0.5) is 0 Å². The van der Waals surface area contributed by atoms with E-state index in [9.17, 15) is 35.1 Å². The summed E-state index contributed by atoms with van der Waals surface area (Å²) in [5.41, 5.74) is 0. The van der Waals surface area contributed by atoms with Crippen LogP contribution in [0, 0.1) is 0 Å². The van der Waals surface area contributed by atoms with E-state index in [0.29, 0.717) is 12.8 Å². The van der Waals surface area contributed by atoms with E-state index in [-0.39, 0.29) is 19.4 Å². The van der Waals surface area contributed by atoms with Gasteiger partial charge in [0.1, 0.15) is 24.4 Å². The van der Waals surface area contributed by atoms with Crippen molar-refractivity contribution in [1.82, 2.24) is 5.32 Å². The molecule has 0 aromatic heterocycles. The summed E-state index contributed by atoms with van der Waals surface area (Å²) in [6, 6.07) is -1.03. The molecule has 0 spiro atoms. The third-order valence-electron chi connectivity index (χ3n) is 12.4. The van der Waals surface area contributed by atoms with Gasteiger partial charge in [-0.15, -0.1) is 0 Å². The van der Waals surface area contributed by atoms with Crippen LogP contribution < -0.4 is 5.32 Å². The maximum Gasteiger partial charge on any atom is 0.306 e. The molecule has 0 aromatic carbocycles. The van der Waals surface area contributed by atoms with Crippen LogP contribution in [0.15, 0.2) is 72.9 Å². The molecule has 1 aliphatic rings. The number of amides is 1. The van der Waals surface area contributed by atoms with E-state index >= 15 is 0 Å². The molecular formula is C57H99NO10. The van der Waals surface area contributed by atoms with E-state index < -0.39 is 67.4 Å². The molecule has 1 heterocycles. The summed E-state index contributed by atoms with van der Waals surface area (Å²) < 4.78 is 17.5. The fourth-order valence-corrected chi connectivity index (χ4v) is 8.10. The summed E-state index contributed by atoms with van der Waals surface area (Å²) in [6.45, 7) is 5.50. The van der Waals surface area contributed by atoms with Crippen LogP contribution in [0.2, 0.25) is 0 Å². The molecule has 0 aliphatic carbocycles. The highest BCUT2D eigenvalue weighted by Crippen LogP contribution is 2.26. The molecule has 8 atom stereocenters. The minimum atomic E-state index is -1.62. The molecule has 8 unspecified atom stereocenters. The first-order valence-electron chi connectivity index (χ1n) is 27.2. The van der Waals surface area contributed by atoms with Gasteiger partial charge in [0.2, 0.25) is 5.91 Å². The van der Waals surface area contributed by atoms with E-state index in [1.54, 1.807) is 6.08 Å². The lowest BCUT2D eigenvalue weighted by Crippen LogP contribution is -2.61. The third kappa shape index (κ3) is 33.6. The Hall–Kier alpha value is -2.90. The number of carbonyl (C=O) groups excluding carboxylic acids is 2. The summed E-state index contributed by atoms with van der Waals surface area (Å²) in [7, 11) is 0. The monoisotopic (exact) mass is 958 g/mol. The highest BCUT2D eigenvalue weighted by Gasteiger charge is 2.47. The SMILES string of the molecule is CC/C=C/C=C/C=C\CCCCCCCC(=O)OC1C(OCC(NC(=O)C(O)CCCCCCCC/C=C/C/C=C/CC)C(O)/C=C/CCCCCCCCCCCCC)OC(CO)C(O)C1O. The Morgan fingerprint density at radius 2 is 1.13 bits per heavy atom. The number of hydrogen-bond donors (Lipinski definition) is 6. The predicted molar refractivity (Wildman–Crippen MR) is 278 cm³/mol. The number of esters is 1. The number of rotatable bonds is 44. The molecule has 11 nitrogen and oxygen atoms in total. The lowest BCUT2D eigenvalue weighted by Gasteiger charge is -2.41. The summed E-state index contributed by atoms with van der Waals surface area (Å²) in [5.74, 6) is -1.23. The van der Waals surface area contributed by atoms with Crippen molar-refractivity contribution in [2.45, 2.75) is 262 Å². The number of aliphatic hydroxyl groups excluding tert-OH is 5. The second-order valence-corrected chi connectivity index (χ2v) is 18.6. The van der Waals surface area contributed by atoms with E-state index in [1.807, 2.05) is 24.3 Å². The summed E-state index contributed by atoms with van der Waals surface area (Å²) >= 11 is 0. The molecule has 68 heavy (non-hydrogen) atoms. The van der Waals surface area contributed by atoms with Crippen molar-refractivity contribution >= 4 is 11.9 Å². The van der Waals surface area contributed by atoms with Crippen molar-refractivity contribution in [3.63, 3.8) is 0 Å². The maximum absolute atomic E-state index is 13.3. The molecule has 11 heteroatoms. The lowest BCUT2D eigenvalue weighted by atomic mass is 9.99. The first kappa shape index (κ1) is 63.1. The van der Waals surface area contributed by atoms with Gasteiger partial charge >= 0.3 is 5.97 Å². The highest BCUT2D eigenvalue weighted by atomic mass is 16.7. The first-order chi connectivity index (χ1) is 33.2. The number of allylic oxidation sites excluding steroid dienone is 11. The van der Waals surface area contributed by atoms with Gasteiger partial charge in [0.05, 0.1) is 25.4 Å². The van der Waals surface area contributed by atoms with Crippen LogP contribution in [0.3, 0.4) is 0 Å². The molecule has 0 aromatic rings. The van der Waals surface area contributed by atoms with E-state index in [1.165, 1.54) is 57.8 Å². The molecular weight excluding hydrogens is 859 g/mol. The average molecular weight is 958 g/mol. The van der Waals surface area contributed by atoms with Gasteiger partial charge < -0.3 is 45.1 Å². The molecule has 6 N–H and O–H groups in total. The molecule has 0 radical (unpaired) electrons. The zero-order valence-corrected chi connectivity index (χ0v) is 43.0. The fourth-order valence-electron chi connectivity index (χ4n) is 8.10. The maximum atomic E-state index is 13.3. The van der Waals surface area contributed by atoms with Crippen molar-refractivity contribution in [1.29, 1.82) is 0 Å². The van der Waals surface area contributed by atoms with Gasteiger partial charge in [-0.25, -0.2) is 0 Å². The second kappa shape index (κ2) is 45.3. The molecule has 1 aliphatic heterocycles. The van der Waals surface area contributed by atoms with E-state index in [0.717, 1.165) is 109 Å². The average Bonchev–Trinajstić information content (AvgIpc) is 3.33. The number of nitrogens with one attached hydrogen (secondary N) is 1. The number of hydrogen-bond acceptors (Lipinski definition) is 10. The minimum Gasteiger partial charge on any atom is -0.454 e. The third-order valence-corrected chi connectivity index (χ3v) is 12.4. The van der Waals surface area contributed by atoms with Gasteiger partial charge in [-0.1, -0.05) is 209 Å². The summed E-state index contributed by atoms with van der Waals surface area (Å²) in [5, 5.41) is 56.7. The number of unbranched alkanes of at least 4 members (excludes halogenated alkanes) is 22. The van der Waals surface area contributed by atoms with Gasteiger partial charge in [0.15, 0.2) is 12.4 Å². The molecule has 1 amide bonds. The minimum absolute atomic E-state index is 0.0969. The fraction of sp³-hybridized carbons (Fsp3) is 0.754. The standard InChI is InChI=1S/C57H99NO10/c1-4-7-10-13-16-19-22-25-28-31-34-37-40-43-49(60)48(58-56(65)50(61)44-41-38-35-32-29-26-23-20-17-14-11-8-5-2)47-66-57-55(54(64)53(63)51(46-59)67-57)68-52(62)45-42-39-36-33-30-27-24-21-18-15-12-9-6-3/h8-9,11-12,15,17-18,20-21,24,40,43,48-51,53-55,57,59-61,63-64H,4-7,10,13-14,16,19,22-23,25-39,41-42,44-47H2,1-3H3,(H,58,65)/b11-8+,12-9+,18-15+,20-17+,24-21-,43-40+. The predicted octanol–water partition coefficient (Wildman–Crippen LogP) is 11.7. The van der Waals surface area contributed by atoms with Crippen LogP contribution in [-0.2, 0) is 23.8 Å². The van der Waals surface area contributed by atoms with Gasteiger partial charge in [-0.2, -0.15) is 0 Å². The quantitative estimate of drug-likeness (QED) is 0.0149. The molecule has 1 saturated heterocycles. The first-order valence-corrected chi connectivity index (χ1v) is 27.2. The van der Waals surface area contributed by atoms with Crippen LogP contribution >= 0.6 is 0 Å². The topological polar surface area (TPSA) is 175 Å². The molecule has 0 saturated carbocycles. The normalized spacial score (nSPS) is 20.5. The zero-order chi connectivity index (χ0) is 49.7. The number of ether oxygens (including phenoxy) is 3. The summed E-state index contributed by atoms with van der Waals surface area (Å²) in [4.78, 5) is 26.4. The van der Waals surface area contributed by atoms with E-state index in [2.05, 4.69) is 68.6 Å². The smallest absolute Gasteiger partial charge is 0.306 e. The van der Waals surface area contributed by atoms with Crippen LogP contribution in [0.1, 0.15) is 213 Å². The van der Waals surface area contributed by atoms with Crippen molar-refractivity contribution in [3.8, 4) is 0 Å². The van der Waals surface area contributed by atoms with Crippen molar-refractivity contribution in [2.75, 3.05) is 13.2 Å². The Balaban J connectivity index is 2.79. The molecule has 1 fully saturated rings.